The quantitative estimate of drug-likeness (QED) is 0.270. The predicted molar refractivity (Wildman–Crippen MR) is 128 cm³/mol. The molecule has 3 amide bonds. The van der Waals surface area contributed by atoms with Crippen LogP contribution in [0.4, 0.5) is 33.6 Å². The van der Waals surface area contributed by atoms with Crippen molar-refractivity contribution in [1.82, 2.24) is 9.97 Å². The molecular formula is C22H20N6O8. The number of nitrogens with zero attached hydrogens (tertiary/aromatic N) is 4. The Balaban J connectivity index is 1.69. The molecule has 2 aromatic carbocycles. The van der Waals surface area contributed by atoms with Crippen LogP contribution in [0.3, 0.4) is 0 Å². The van der Waals surface area contributed by atoms with Crippen molar-refractivity contribution in [2.45, 2.75) is 6.54 Å². The number of amides is 3. The van der Waals surface area contributed by atoms with Gasteiger partial charge in [-0.15, -0.1) is 0 Å². The van der Waals surface area contributed by atoms with Gasteiger partial charge in [0, 0.05) is 24.9 Å². The summed E-state index contributed by atoms with van der Waals surface area (Å²) in [5, 5.41) is 26.1. The summed E-state index contributed by atoms with van der Waals surface area (Å²) >= 11 is 0. The van der Waals surface area contributed by atoms with Gasteiger partial charge >= 0.3 is 6.03 Å². The molecule has 0 saturated carbocycles. The van der Waals surface area contributed by atoms with Gasteiger partial charge in [0.2, 0.25) is 11.9 Å². The Bertz CT molecular complexity index is 1460. The maximum atomic E-state index is 13.2. The van der Waals surface area contributed by atoms with Gasteiger partial charge in [0.25, 0.3) is 10.9 Å². The third kappa shape index (κ3) is 3.70. The number of hydrogen-bond acceptors (Lipinski definition) is 11. The molecule has 4 N–H and O–H groups in total. The lowest BCUT2D eigenvalue weighted by molar-refractivity contribution is -0.111. The number of hydrogen-bond donors (Lipinski definition) is 4. The van der Waals surface area contributed by atoms with E-state index >= 15 is 0 Å². The predicted octanol–water partition coefficient (Wildman–Crippen LogP) is 0.945. The number of fused-ring (bicyclic) bond motifs is 1. The molecular weight excluding hydrogens is 476 g/mol. The van der Waals surface area contributed by atoms with E-state index in [4.69, 9.17) is 9.47 Å². The van der Waals surface area contributed by atoms with Gasteiger partial charge in [-0.25, -0.2) is 9.78 Å². The number of benzene rings is 1. The molecule has 1 aromatic heterocycles. The minimum Gasteiger partial charge on any atom is -0.503 e. The van der Waals surface area contributed by atoms with E-state index in [9.17, 15) is 29.4 Å². The summed E-state index contributed by atoms with van der Waals surface area (Å²) in [6.45, 7) is 3.14. The highest BCUT2D eigenvalue weighted by Gasteiger charge is 2.36. The number of phenols is 2. The van der Waals surface area contributed by atoms with E-state index < -0.39 is 34.3 Å². The molecule has 0 aliphatic carbocycles. The van der Waals surface area contributed by atoms with Crippen molar-refractivity contribution < 1.29 is 29.3 Å². The Hall–Kier alpha value is -5.14. The smallest absolute Gasteiger partial charge is 0.330 e. The fraction of sp³-hybridized carbons (Fsp3) is 0.182. The van der Waals surface area contributed by atoms with E-state index in [1.807, 2.05) is 0 Å². The number of aromatic nitrogens is 2. The van der Waals surface area contributed by atoms with Gasteiger partial charge in [-0.3, -0.25) is 24.2 Å². The van der Waals surface area contributed by atoms with Crippen molar-refractivity contribution in [3.63, 3.8) is 0 Å². The SMILES string of the molecule is C=CC(=O)Nc1c(Nc2ncc3c(n2)N(C)C(=O)N(c2c(O)c(OC)cc(OC)c2O)C3)c(=O)c1=O. The molecule has 0 fully saturated rings. The number of ether oxygens (including phenoxy) is 2. The first-order valence-electron chi connectivity index (χ1n) is 10.2. The molecule has 0 spiro atoms. The number of anilines is 5. The first kappa shape index (κ1) is 24.0. The number of carbonyl (C=O) groups excluding carboxylic acids is 2. The van der Waals surface area contributed by atoms with Crippen LogP contribution in [0.1, 0.15) is 5.56 Å². The molecule has 14 nitrogen and oxygen atoms in total. The Morgan fingerprint density at radius 2 is 1.72 bits per heavy atom. The van der Waals surface area contributed by atoms with Crippen molar-refractivity contribution >= 4 is 40.8 Å². The topological polar surface area (TPSA) is 184 Å². The van der Waals surface area contributed by atoms with Crippen LogP contribution in [-0.4, -0.2) is 53.4 Å². The Morgan fingerprint density at radius 3 is 2.31 bits per heavy atom. The zero-order chi connectivity index (χ0) is 26.3. The lowest BCUT2D eigenvalue weighted by Gasteiger charge is -2.34. The molecule has 36 heavy (non-hydrogen) atoms. The van der Waals surface area contributed by atoms with Gasteiger partial charge in [0.05, 0.1) is 20.8 Å². The van der Waals surface area contributed by atoms with Crippen molar-refractivity contribution in [3.05, 3.63) is 50.9 Å². The standard InChI is InChI=1S/C22H20N6O8/c1-5-12(29)24-13-14(19(33)18(13)32)25-21-23-7-9-8-28(22(34)27(2)20(9)26-21)15-16(30)10(35-3)6-11(36-4)17(15)31/h5-7,30-31H,1,8H2,2-4H3,(H,24,29)(H,23,25,26). The number of methoxy groups -OCH3 is 2. The highest BCUT2D eigenvalue weighted by Crippen LogP contribution is 2.50. The van der Waals surface area contributed by atoms with Gasteiger partial charge < -0.3 is 30.3 Å². The van der Waals surface area contributed by atoms with E-state index in [2.05, 4.69) is 27.2 Å². The Labute approximate surface area is 202 Å². The average molecular weight is 496 g/mol. The number of aromatic hydroxyl groups is 2. The van der Waals surface area contributed by atoms with Gasteiger partial charge in [0.15, 0.2) is 23.0 Å². The Morgan fingerprint density at radius 1 is 1.11 bits per heavy atom. The van der Waals surface area contributed by atoms with Crippen LogP contribution >= 0.6 is 0 Å². The van der Waals surface area contributed by atoms with Gasteiger partial charge in [-0.1, -0.05) is 6.58 Å². The molecule has 186 valence electrons. The van der Waals surface area contributed by atoms with Crippen molar-refractivity contribution in [1.29, 1.82) is 0 Å². The second-order valence-corrected chi connectivity index (χ2v) is 7.52. The summed E-state index contributed by atoms with van der Waals surface area (Å²) in [7, 11) is 4.02. The monoisotopic (exact) mass is 496 g/mol. The summed E-state index contributed by atoms with van der Waals surface area (Å²) in [4.78, 5) is 59.1. The van der Waals surface area contributed by atoms with E-state index in [1.165, 1.54) is 33.5 Å². The molecule has 0 radical (unpaired) electrons. The largest absolute Gasteiger partial charge is 0.503 e. The first-order valence-corrected chi connectivity index (χ1v) is 10.2. The maximum absolute atomic E-state index is 13.2. The third-order valence-corrected chi connectivity index (χ3v) is 5.47. The van der Waals surface area contributed by atoms with Crippen molar-refractivity contribution in [3.8, 4) is 23.0 Å². The van der Waals surface area contributed by atoms with Gasteiger partial charge in [-0.2, -0.15) is 4.98 Å². The van der Waals surface area contributed by atoms with Crippen LogP contribution in [0.15, 0.2) is 34.5 Å². The van der Waals surface area contributed by atoms with Crippen LogP contribution in [0.2, 0.25) is 0 Å². The molecule has 14 heteroatoms. The number of rotatable bonds is 7. The lowest BCUT2D eigenvalue weighted by atomic mass is 10.1. The van der Waals surface area contributed by atoms with E-state index in [0.29, 0.717) is 5.56 Å². The molecule has 2 heterocycles. The van der Waals surface area contributed by atoms with Crippen LogP contribution in [0, 0.1) is 0 Å². The minimum atomic E-state index is -0.887. The van der Waals surface area contributed by atoms with Gasteiger partial charge in [0.1, 0.15) is 22.9 Å². The van der Waals surface area contributed by atoms with E-state index in [1.54, 1.807) is 0 Å². The lowest BCUT2D eigenvalue weighted by Crippen LogP contribution is -2.46. The highest BCUT2D eigenvalue weighted by molar-refractivity contribution is 6.07. The summed E-state index contributed by atoms with van der Waals surface area (Å²) in [6.07, 6.45) is 2.30. The fourth-order valence-electron chi connectivity index (χ4n) is 3.63. The van der Waals surface area contributed by atoms with Crippen LogP contribution in [0.25, 0.3) is 0 Å². The highest BCUT2D eigenvalue weighted by atomic mass is 16.5. The normalized spacial score (nSPS) is 12.8. The van der Waals surface area contributed by atoms with Crippen molar-refractivity contribution in [2.24, 2.45) is 0 Å². The minimum absolute atomic E-state index is 0.0240. The molecule has 4 rings (SSSR count). The van der Waals surface area contributed by atoms with Crippen LogP contribution in [-0.2, 0) is 11.3 Å². The number of phenolic OH excluding ortho intramolecular Hbond substituents is 2. The second-order valence-electron chi connectivity index (χ2n) is 7.52. The Kier molecular flexibility index (Phi) is 5.93. The fourth-order valence-corrected chi connectivity index (χ4v) is 3.63. The van der Waals surface area contributed by atoms with E-state index in [0.717, 1.165) is 15.9 Å². The van der Waals surface area contributed by atoms with Crippen LogP contribution in [0.5, 0.6) is 23.0 Å². The number of nitrogens with one attached hydrogen (secondary N) is 2. The van der Waals surface area contributed by atoms with Crippen LogP contribution < -0.4 is 40.8 Å². The van der Waals surface area contributed by atoms with E-state index in [-0.39, 0.29) is 46.9 Å². The maximum Gasteiger partial charge on any atom is 0.330 e. The molecule has 1 aliphatic rings. The number of carbonyl (C=O) groups is 2. The van der Waals surface area contributed by atoms with Gasteiger partial charge in [-0.05, 0) is 6.08 Å². The first-order chi connectivity index (χ1) is 17.1. The summed E-state index contributed by atoms with van der Waals surface area (Å²) < 4.78 is 10.2. The summed E-state index contributed by atoms with van der Waals surface area (Å²) in [6, 6.07) is 0.606. The molecule has 1 aliphatic heterocycles. The summed E-state index contributed by atoms with van der Waals surface area (Å²) in [5.74, 6) is -1.63. The third-order valence-electron chi connectivity index (χ3n) is 5.47. The number of urea groups is 1. The zero-order valence-electron chi connectivity index (χ0n) is 19.3. The average Bonchev–Trinajstić information content (AvgIpc) is 2.88. The summed E-state index contributed by atoms with van der Waals surface area (Å²) in [5.41, 5.74) is -2.03. The molecule has 0 atom stereocenters. The molecule has 0 unspecified atom stereocenters. The molecule has 3 aromatic rings. The zero-order valence-corrected chi connectivity index (χ0v) is 19.3. The molecule has 0 bridgehead atoms. The molecule has 0 saturated heterocycles. The second kappa shape index (κ2) is 8.90. The van der Waals surface area contributed by atoms with Crippen molar-refractivity contribution in [2.75, 3.05) is 41.7 Å².